The van der Waals surface area contributed by atoms with Gasteiger partial charge in [0.25, 0.3) is 0 Å². The molecule has 0 aliphatic carbocycles. The number of ether oxygens (including phenoxy) is 1. The Balaban J connectivity index is 1.68. The molecular formula is C24H32ClN3OS. The third kappa shape index (κ3) is 8.74. The highest BCUT2D eigenvalue weighted by atomic mass is 35.5. The van der Waals surface area contributed by atoms with Gasteiger partial charge >= 0.3 is 0 Å². The standard InChI is InChI=1S/C24H32ClN3OS/c1-4-17-27(2)18-7-5-6-8-19-29-23-15-13-22(14-16-23)28(3)24(30)26-21-11-9-20(25)10-12-21/h4,9-16H,1,5-8,17-19H2,2-3H3,(H,26,30). The van der Waals surface area contributed by atoms with Crippen molar-refractivity contribution in [3.05, 3.63) is 66.2 Å². The van der Waals surface area contributed by atoms with Crippen LogP contribution in [0.5, 0.6) is 5.75 Å². The summed E-state index contributed by atoms with van der Waals surface area (Å²) in [5, 5.41) is 4.53. The molecule has 1 N–H and O–H groups in total. The van der Waals surface area contributed by atoms with Crippen LogP contribution in [-0.2, 0) is 0 Å². The normalized spacial score (nSPS) is 10.7. The van der Waals surface area contributed by atoms with Gasteiger partial charge in [0.2, 0.25) is 0 Å². The summed E-state index contributed by atoms with van der Waals surface area (Å²) >= 11 is 11.4. The zero-order valence-electron chi connectivity index (χ0n) is 17.9. The molecule has 0 fully saturated rings. The summed E-state index contributed by atoms with van der Waals surface area (Å²) in [6.45, 7) is 6.59. The molecule has 4 nitrogen and oxygen atoms in total. The lowest BCUT2D eigenvalue weighted by Crippen LogP contribution is -2.30. The minimum atomic E-state index is 0.615. The molecule has 0 aromatic heterocycles. The van der Waals surface area contributed by atoms with E-state index in [4.69, 9.17) is 28.6 Å². The lowest BCUT2D eigenvalue weighted by Gasteiger charge is -2.21. The highest BCUT2D eigenvalue weighted by molar-refractivity contribution is 7.80. The van der Waals surface area contributed by atoms with E-state index in [1.54, 1.807) is 0 Å². The SMILES string of the molecule is C=CCN(C)CCCCCCOc1ccc(N(C)C(=S)Nc2ccc(Cl)cc2)cc1. The zero-order valence-corrected chi connectivity index (χ0v) is 19.5. The largest absolute Gasteiger partial charge is 0.494 e. The molecule has 162 valence electrons. The summed E-state index contributed by atoms with van der Waals surface area (Å²) < 4.78 is 5.87. The van der Waals surface area contributed by atoms with Gasteiger partial charge in [-0.2, -0.15) is 0 Å². The van der Waals surface area contributed by atoms with Crippen LogP contribution in [0.1, 0.15) is 25.7 Å². The maximum Gasteiger partial charge on any atom is 0.177 e. The van der Waals surface area contributed by atoms with Gasteiger partial charge in [-0.1, -0.05) is 30.5 Å². The minimum absolute atomic E-state index is 0.615. The van der Waals surface area contributed by atoms with Crippen molar-refractivity contribution in [2.45, 2.75) is 25.7 Å². The molecule has 6 heteroatoms. The van der Waals surface area contributed by atoms with Crippen molar-refractivity contribution < 1.29 is 4.74 Å². The number of hydrogen-bond acceptors (Lipinski definition) is 3. The van der Waals surface area contributed by atoms with Crippen LogP contribution in [-0.4, -0.2) is 43.8 Å². The van der Waals surface area contributed by atoms with Crippen molar-refractivity contribution in [2.75, 3.05) is 44.0 Å². The zero-order chi connectivity index (χ0) is 21.8. The van der Waals surface area contributed by atoms with Crippen LogP contribution in [0.25, 0.3) is 0 Å². The Morgan fingerprint density at radius 3 is 2.37 bits per heavy atom. The van der Waals surface area contributed by atoms with Gasteiger partial charge < -0.3 is 19.9 Å². The Bertz CT molecular complexity index is 780. The Kier molecular flexibility index (Phi) is 10.7. The quantitative estimate of drug-likeness (QED) is 0.237. The van der Waals surface area contributed by atoms with E-state index in [0.717, 1.165) is 43.2 Å². The Labute approximate surface area is 191 Å². The predicted octanol–water partition coefficient (Wildman–Crippen LogP) is 6.23. The summed E-state index contributed by atoms with van der Waals surface area (Å²) in [5.41, 5.74) is 1.90. The van der Waals surface area contributed by atoms with Crippen LogP contribution in [0.2, 0.25) is 5.02 Å². The fourth-order valence-electron chi connectivity index (χ4n) is 2.96. The fraction of sp³-hybridized carbons (Fsp3) is 0.375. The Hall–Kier alpha value is -2.08. The van der Waals surface area contributed by atoms with E-state index in [2.05, 4.69) is 23.8 Å². The van der Waals surface area contributed by atoms with Crippen molar-refractivity contribution in [1.29, 1.82) is 0 Å². The Morgan fingerprint density at radius 2 is 1.70 bits per heavy atom. The molecule has 0 aliphatic heterocycles. The summed E-state index contributed by atoms with van der Waals surface area (Å²) in [7, 11) is 4.07. The van der Waals surface area contributed by atoms with Gasteiger partial charge in [-0.3, -0.25) is 0 Å². The molecule has 0 atom stereocenters. The lowest BCUT2D eigenvalue weighted by molar-refractivity contribution is 0.300. The average Bonchev–Trinajstić information content (AvgIpc) is 2.74. The molecule has 2 aromatic carbocycles. The highest BCUT2D eigenvalue weighted by Gasteiger charge is 2.08. The first kappa shape index (κ1) is 24.2. The van der Waals surface area contributed by atoms with E-state index in [0.29, 0.717) is 10.1 Å². The number of halogens is 1. The number of benzene rings is 2. The van der Waals surface area contributed by atoms with Crippen LogP contribution >= 0.6 is 23.8 Å². The summed E-state index contributed by atoms with van der Waals surface area (Å²) in [6, 6.07) is 15.5. The fourth-order valence-corrected chi connectivity index (χ4v) is 3.31. The van der Waals surface area contributed by atoms with Crippen molar-refractivity contribution in [3.63, 3.8) is 0 Å². The number of rotatable bonds is 12. The molecule has 0 bridgehead atoms. The molecule has 2 rings (SSSR count). The van der Waals surface area contributed by atoms with Gasteiger partial charge in [0.1, 0.15) is 5.75 Å². The van der Waals surface area contributed by atoms with Gasteiger partial charge in [-0.15, -0.1) is 6.58 Å². The van der Waals surface area contributed by atoms with Crippen LogP contribution in [0, 0.1) is 0 Å². The number of nitrogens with one attached hydrogen (secondary N) is 1. The number of anilines is 2. The molecular weight excluding hydrogens is 414 g/mol. The predicted molar refractivity (Wildman–Crippen MR) is 134 cm³/mol. The highest BCUT2D eigenvalue weighted by Crippen LogP contribution is 2.20. The molecule has 30 heavy (non-hydrogen) atoms. The maximum atomic E-state index is 5.92. The molecule has 0 spiro atoms. The summed E-state index contributed by atoms with van der Waals surface area (Å²) in [4.78, 5) is 4.22. The van der Waals surface area contributed by atoms with Gasteiger partial charge in [-0.25, -0.2) is 0 Å². The van der Waals surface area contributed by atoms with E-state index >= 15 is 0 Å². The monoisotopic (exact) mass is 445 g/mol. The van der Waals surface area contributed by atoms with Gasteiger partial charge in [-0.05, 0) is 87.2 Å². The van der Waals surface area contributed by atoms with Crippen LogP contribution in [0.15, 0.2) is 61.2 Å². The first-order valence-corrected chi connectivity index (χ1v) is 11.1. The molecule has 0 radical (unpaired) electrons. The molecule has 0 saturated carbocycles. The minimum Gasteiger partial charge on any atom is -0.494 e. The Morgan fingerprint density at radius 1 is 1.03 bits per heavy atom. The van der Waals surface area contributed by atoms with Crippen LogP contribution < -0.4 is 15.0 Å². The second-order valence-corrected chi connectivity index (χ2v) is 8.13. The first-order chi connectivity index (χ1) is 14.5. The van der Waals surface area contributed by atoms with Crippen molar-refractivity contribution in [2.24, 2.45) is 0 Å². The number of unbranched alkanes of at least 4 members (excludes halogenated alkanes) is 3. The van der Waals surface area contributed by atoms with Crippen molar-refractivity contribution in [1.82, 2.24) is 4.90 Å². The number of thiocarbonyl (C=S) groups is 1. The second kappa shape index (κ2) is 13.3. The first-order valence-electron chi connectivity index (χ1n) is 10.3. The van der Waals surface area contributed by atoms with E-state index in [1.165, 1.54) is 19.3 Å². The number of nitrogens with zero attached hydrogens (tertiary/aromatic N) is 2. The molecule has 0 saturated heterocycles. The smallest absolute Gasteiger partial charge is 0.177 e. The van der Waals surface area contributed by atoms with Crippen LogP contribution in [0.4, 0.5) is 11.4 Å². The topological polar surface area (TPSA) is 27.7 Å². The van der Waals surface area contributed by atoms with Crippen molar-refractivity contribution in [3.8, 4) is 5.75 Å². The maximum absolute atomic E-state index is 5.92. The van der Waals surface area contributed by atoms with E-state index in [1.807, 2.05) is 66.6 Å². The average molecular weight is 446 g/mol. The lowest BCUT2D eigenvalue weighted by atomic mass is 10.2. The molecule has 0 unspecified atom stereocenters. The third-order valence-corrected chi connectivity index (χ3v) is 5.40. The molecule has 2 aromatic rings. The number of hydrogen-bond donors (Lipinski definition) is 1. The van der Waals surface area contributed by atoms with Crippen LogP contribution in [0.3, 0.4) is 0 Å². The van der Waals surface area contributed by atoms with Gasteiger partial charge in [0.05, 0.1) is 6.61 Å². The van der Waals surface area contributed by atoms with Gasteiger partial charge in [0.15, 0.2) is 5.11 Å². The summed E-state index contributed by atoms with van der Waals surface area (Å²) in [6.07, 6.45) is 6.65. The number of likely N-dealkylation sites (N-methyl/N-ethyl adjacent to an activating group) is 1. The second-order valence-electron chi connectivity index (χ2n) is 7.30. The molecule has 0 aliphatic rings. The van der Waals surface area contributed by atoms with Crippen molar-refractivity contribution >= 4 is 40.3 Å². The van der Waals surface area contributed by atoms with E-state index in [9.17, 15) is 0 Å². The molecule has 0 amide bonds. The third-order valence-electron chi connectivity index (χ3n) is 4.77. The summed E-state index contributed by atoms with van der Waals surface area (Å²) in [5.74, 6) is 0.884. The van der Waals surface area contributed by atoms with Gasteiger partial charge in [0, 0.05) is 30.0 Å². The van der Waals surface area contributed by atoms with E-state index < -0.39 is 0 Å². The molecule has 0 heterocycles. The van der Waals surface area contributed by atoms with E-state index in [-0.39, 0.29) is 0 Å².